The summed E-state index contributed by atoms with van der Waals surface area (Å²) in [6.45, 7) is 9.89. The third-order valence-electron chi connectivity index (χ3n) is 5.67. The van der Waals surface area contributed by atoms with Gasteiger partial charge in [0.2, 0.25) is 0 Å². The van der Waals surface area contributed by atoms with Crippen LogP contribution in [0.1, 0.15) is 27.0 Å². The van der Waals surface area contributed by atoms with Crippen LogP contribution in [0.25, 0.3) is 0 Å². The fourth-order valence-corrected chi connectivity index (χ4v) is 5.72. The van der Waals surface area contributed by atoms with Gasteiger partial charge in [-0.25, -0.2) is 8.42 Å². The molecule has 2 aromatic rings. The van der Waals surface area contributed by atoms with Gasteiger partial charge in [-0.1, -0.05) is 17.7 Å². The Morgan fingerprint density at radius 2 is 1.70 bits per heavy atom. The Balaban J connectivity index is 1.80. The summed E-state index contributed by atoms with van der Waals surface area (Å²) in [5.74, 6) is -0.240. The van der Waals surface area contributed by atoms with E-state index in [4.69, 9.17) is 4.74 Å². The van der Waals surface area contributed by atoms with E-state index < -0.39 is 10.0 Å². The van der Waals surface area contributed by atoms with E-state index in [1.165, 1.54) is 0 Å². The van der Waals surface area contributed by atoms with Crippen molar-refractivity contribution in [3.8, 4) is 0 Å². The van der Waals surface area contributed by atoms with Crippen LogP contribution >= 0.6 is 0 Å². The lowest BCUT2D eigenvalue weighted by Gasteiger charge is -2.26. The van der Waals surface area contributed by atoms with Gasteiger partial charge in [0.05, 0.1) is 23.7 Å². The predicted molar refractivity (Wildman–Crippen MR) is 132 cm³/mol. The summed E-state index contributed by atoms with van der Waals surface area (Å²) in [4.78, 5) is 17.3. The molecule has 9 heteroatoms. The van der Waals surface area contributed by atoms with Crippen molar-refractivity contribution in [2.75, 3.05) is 63.1 Å². The van der Waals surface area contributed by atoms with Gasteiger partial charge in [0.15, 0.2) is 0 Å². The standard InChI is InChI=1S/C24H34N4O4S/c1-17-14-18(2)23(19(3)15-17)33(30,31)26-20-6-7-22(27(4)5)21(16-20)24(29)25-8-9-28-10-12-32-13-11-28/h6-7,14-16,26H,8-13H2,1-5H3,(H,25,29). The molecule has 33 heavy (non-hydrogen) atoms. The van der Waals surface area contributed by atoms with E-state index in [1.807, 2.05) is 38.1 Å². The molecular formula is C24H34N4O4S. The highest BCUT2D eigenvalue weighted by Crippen LogP contribution is 2.27. The number of carbonyl (C=O) groups excluding carboxylic acids is 1. The summed E-state index contributed by atoms with van der Waals surface area (Å²) < 4.78 is 34.3. The second-order valence-corrected chi connectivity index (χ2v) is 10.3. The van der Waals surface area contributed by atoms with E-state index in [1.54, 1.807) is 32.0 Å². The Morgan fingerprint density at radius 3 is 2.30 bits per heavy atom. The van der Waals surface area contributed by atoms with E-state index in [9.17, 15) is 13.2 Å². The number of carbonyl (C=O) groups is 1. The molecule has 1 aliphatic heterocycles. The van der Waals surface area contributed by atoms with Crippen molar-refractivity contribution < 1.29 is 17.9 Å². The number of nitrogens with one attached hydrogen (secondary N) is 2. The summed E-state index contributed by atoms with van der Waals surface area (Å²) in [7, 11) is -0.112. The maximum atomic E-state index is 13.2. The highest BCUT2D eigenvalue weighted by atomic mass is 32.2. The fraction of sp³-hybridized carbons (Fsp3) is 0.458. The average Bonchev–Trinajstić information content (AvgIpc) is 2.72. The molecule has 0 aromatic heterocycles. The number of sulfonamides is 1. The first-order valence-corrected chi connectivity index (χ1v) is 12.6. The Labute approximate surface area is 197 Å². The molecule has 0 bridgehead atoms. The number of hydrogen-bond donors (Lipinski definition) is 2. The number of aryl methyl sites for hydroxylation is 3. The van der Waals surface area contributed by atoms with Crippen LogP contribution in [0.2, 0.25) is 0 Å². The topological polar surface area (TPSA) is 91.0 Å². The maximum Gasteiger partial charge on any atom is 0.262 e. The number of nitrogens with zero attached hydrogens (tertiary/aromatic N) is 2. The third kappa shape index (κ3) is 6.25. The van der Waals surface area contributed by atoms with Gasteiger partial charge < -0.3 is 15.0 Å². The van der Waals surface area contributed by atoms with Gasteiger partial charge in [0.25, 0.3) is 15.9 Å². The minimum absolute atomic E-state index is 0.240. The van der Waals surface area contributed by atoms with Gasteiger partial charge in [-0.15, -0.1) is 0 Å². The van der Waals surface area contributed by atoms with Crippen LogP contribution in [0.5, 0.6) is 0 Å². The summed E-state index contributed by atoms with van der Waals surface area (Å²) in [5.41, 5.74) is 3.86. The molecule has 0 unspecified atom stereocenters. The SMILES string of the molecule is Cc1cc(C)c(S(=O)(=O)Nc2ccc(N(C)C)c(C(=O)NCCN3CCOCC3)c2)c(C)c1. The molecular weight excluding hydrogens is 440 g/mol. The van der Waals surface area contributed by atoms with Gasteiger partial charge in [-0.3, -0.25) is 14.4 Å². The molecule has 1 fully saturated rings. The van der Waals surface area contributed by atoms with E-state index in [0.29, 0.717) is 47.8 Å². The summed E-state index contributed by atoms with van der Waals surface area (Å²) in [5, 5.41) is 2.96. The molecule has 0 aliphatic carbocycles. The van der Waals surface area contributed by atoms with Crippen molar-refractivity contribution in [2.45, 2.75) is 25.7 Å². The largest absolute Gasteiger partial charge is 0.379 e. The smallest absolute Gasteiger partial charge is 0.262 e. The van der Waals surface area contributed by atoms with Crippen molar-refractivity contribution in [1.82, 2.24) is 10.2 Å². The molecule has 0 radical (unpaired) electrons. The molecule has 0 atom stereocenters. The van der Waals surface area contributed by atoms with Gasteiger partial charge in [0.1, 0.15) is 0 Å². The Bertz CT molecular complexity index is 1090. The first-order valence-electron chi connectivity index (χ1n) is 11.1. The first-order chi connectivity index (χ1) is 15.6. The zero-order valence-corrected chi connectivity index (χ0v) is 20.9. The maximum absolute atomic E-state index is 13.2. The number of benzene rings is 2. The molecule has 8 nitrogen and oxygen atoms in total. The summed E-state index contributed by atoms with van der Waals surface area (Å²) in [6.07, 6.45) is 0. The van der Waals surface area contributed by atoms with Crippen molar-refractivity contribution in [3.63, 3.8) is 0 Å². The van der Waals surface area contributed by atoms with Crippen molar-refractivity contribution in [3.05, 3.63) is 52.6 Å². The Morgan fingerprint density at radius 1 is 1.06 bits per heavy atom. The lowest BCUT2D eigenvalue weighted by molar-refractivity contribution is 0.0383. The molecule has 3 rings (SSSR count). The minimum atomic E-state index is -3.81. The van der Waals surface area contributed by atoms with Gasteiger partial charge in [-0.2, -0.15) is 0 Å². The van der Waals surface area contributed by atoms with Gasteiger partial charge in [-0.05, 0) is 50.1 Å². The number of rotatable bonds is 8. The molecule has 1 aliphatic rings. The lowest BCUT2D eigenvalue weighted by Crippen LogP contribution is -2.41. The zero-order valence-electron chi connectivity index (χ0n) is 20.1. The van der Waals surface area contributed by atoms with Crippen LogP contribution in [0.3, 0.4) is 0 Å². The molecule has 2 aromatic carbocycles. The zero-order chi connectivity index (χ0) is 24.2. The Hall–Kier alpha value is -2.62. The van der Waals surface area contributed by atoms with Crippen LogP contribution < -0.4 is 14.9 Å². The van der Waals surface area contributed by atoms with Crippen LogP contribution in [0.15, 0.2) is 35.2 Å². The molecule has 0 spiro atoms. The van der Waals surface area contributed by atoms with Crippen LogP contribution in [-0.4, -0.2) is 72.7 Å². The molecule has 0 saturated carbocycles. The molecule has 180 valence electrons. The van der Waals surface area contributed by atoms with Crippen LogP contribution in [0, 0.1) is 20.8 Å². The average molecular weight is 475 g/mol. The quantitative estimate of drug-likeness (QED) is 0.611. The highest BCUT2D eigenvalue weighted by Gasteiger charge is 2.22. The normalized spacial score (nSPS) is 14.7. The van der Waals surface area contributed by atoms with E-state index in [-0.39, 0.29) is 10.8 Å². The number of amides is 1. The van der Waals surface area contributed by atoms with Crippen molar-refractivity contribution >= 4 is 27.3 Å². The summed E-state index contributed by atoms with van der Waals surface area (Å²) >= 11 is 0. The van der Waals surface area contributed by atoms with Gasteiger partial charge >= 0.3 is 0 Å². The number of morpholine rings is 1. The number of hydrogen-bond acceptors (Lipinski definition) is 6. The molecule has 1 heterocycles. The third-order valence-corrected chi connectivity index (χ3v) is 7.35. The fourth-order valence-electron chi connectivity index (χ4n) is 4.22. The van der Waals surface area contributed by atoms with Crippen LogP contribution in [0.4, 0.5) is 11.4 Å². The summed E-state index contributed by atoms with van der Waals surface area (Å²) in [6, 6.07) is 8.73. The molecule has 1 amide bonds. The highest BCUT2D eigenvalue weighted by molar-refractivity contribution is 7.92. The van der Waals surface area contributed by atoms with E-state index in [0.717, 1.165) is 25.2 Å². The van der Waals surface area contributed by atoms with Crippen LogP contribution in [-0.2, 0) is 14.8 Å². The van der Waals surface area contributed by atoms with Crippen molar-refractivity contribution in [1.29, 1.82) is 0 Å². The first kappa shape index (κ1) is 25.0. The number of anilines is 2. The molecule has 1 saturated heterocycles. The van der Waals surface area contributed by atoms with E-state index >= 15 is 0 Å². The second kappa shape index (κ2) is 10.5. The predicted octanol–water partition coefficient (Wildman–Crippen LogP) is 2.54. The monoisotopic (exact) mass is 474 g/mol. The van der Waals surface area contributed by atoms with Crippen molar-refractivity contribution in [2.24, 2.45) is 0 Å². The van der Waals surface area contributed by atoms with E-state index in [2.05, 4.69) is 14.9 Å². The van der Waals surface area contributed by atoms with Gasteiger partial charge in [0, 0.05) is 51.6 Å². The lowest BCUT2D eigenvalue weighted by atomic mass is 10.1. The minimum Gasteiger partial charge on any atom is -0.379 e. The molecule has 2 N–H and O–H groups in total. The second-order valence-electron chi connectivity index (χ2n) is 8.67. The Kier molecular flexibility index (Phi) is 7.99. The number of ether oxygens (including phenoxy) is 1.